The van der Waals surface area contributed by atoms with Crippen LogP contribution in [0.15, 0.2) is 0 Å². The zero-order valence-electron chi connectivity index (χ0n) is 13.4. The number of hydrogen-bond donors (Lipinski definition) is 2. The van der Waals surface area contributed by atoms with E-state index in [1.807, 2.05) is 4.90 Å². The van der Waals surface area contributed by atoms with Crippen LogP contribution in [0.3, 0.4) is 0 Å². The molecule has 0 aromatic carbocycles. The molecule has 0 bridgehead atoms. The van der Waals surface area contributed by atoms with Crippen LogP contribution in [0.5, 0.6) is 0 Å². The predicted molar refractivity (Wildman–Crippen MR) is 80.3 cm³/mol. The molecular formula is C15H23F3N4O2. The van der Waals surface area contributed by atoms with E-state index >= 15 is 0 Å². The van der Waals surface area contributed by atoms with Gasteiger partial charge in [0.15, 0.2) is 0 Å². The minimum absolute atomic E-state index is 0.0336. The van der Waals surface area contributed by atoms with E-state index in [9.17, 15) is 22.8 Å². The SMILES string of the molecule is O=C(NC[C@@H]1CCN(CC(F)(F)F)C1)N[C@@H]1CC(=O)N(C2CC2)C1. The lowest BCUT2D eigenvalue weighted by Crippen LogP contribution is -2.45. The highest BCUT2D eigenvalue weighted by atomic mass is 19.4. The van der Waals surface area contributed by atoms with Gasteiger partial charge in [-0.25, -0.2) is 4.79 Å². The van der Waals surface area contributed by atoms with Crippen LogP contribution in [0, 0.1) is 5.92 Å². The lowest BCUT2D eigenvalue weighted by molar-refractivity contribution is -0.143. The Morgan fingerprint density at radius 1 is 1.21 bits per heavy atom. The van der Waals surface area contributed by atoms with Crippen molar-refractivity contribution in [3.05, 3.63) is 0 Å². The summed E-state index contributed by atoms with van der Waals surface area (Å²) in [6.07, 6.45) is -1.12. The maximum atomic E-state index is 12.3. The molecule has 1 saturated carbocycles. The number of likely N-dealkylation sites (tertiary alicyclic amines) is 2. The monoisotopic (exact) mass is 348 g/mol. The van der Waals surface area contributed by atoms with Crippen molar-refractivity contribution in [2.75, 3.05) is 32.7 Å². The van der Waals surface area contributed by atoms with Crippen molar-refractivity contribution in [3.63, 3.8) is 0 Å². The van der Waals surface area contributed by atoms with Gasteiger partial charge in [-0.15, -0.1) is 0 Å². The van der Waals surface area contributed by atoms with Crippen molar-refractivity contribution < 1.29 is 22.8 Å². The summed E-state index contributed by atoms with van der Waals surface area (Å²) in [5.74, 6) is 0.118. The first kappa shape index (κ1) is 17.3. The van der Waals surface area contributed by atoms with Gasteiger partial charge in [-0.2, -0.15) is 13.2 Å². The summed E-state index contributed by atoms with van der Waals surface area (Å²) in [4.78, 5) is 26.9. The molecule has 2 saturated heterocycles. The molecule has 9 heteroatoms. The third-order valence-electron chi connectivity index (χ3n) is 4.81. The Balaban J connectivity index is 1.34. The summed E-state index contributed by atoms with van der Waals surface area (Å²) >= 11 is 0. The van der Waals surface area contributed by atoms with Crippen LogP contribution in [0.25, 0.3) is 0 Å². The third kappa shape index (κ3) is 4.75. The van der Waals surface area contributed by atoms with Gasteiger partial charge in [0.1, 0.15) is 0 Å². The Bertz CT molecular complexity index is 496. The molecule has 2 N–H and O–H groups in total. The Labute approximate surface area is 138 Å². The first-order chi connectivity index (χ1) is 11.3. The minimum atomic E-state index is -4.18. The Kier molecular flexibility index (Phi) is 4.89. The van der Waals surface area contributed by atoms with E-state index in [2.05, 4.69) is 10.6 Å². The molecule has 136 valence electrons. The molecule has 0 aromatic rings. The van der Waals surface area contributed by atoms with Gasteiger partial charge in [0.25, 0.3) is 0 Å². The topological polar surface area (TPSA) is 64.7 Å². The lowest BCUT2D eigenvalue weighted by Gasteiger charge is -2.19. The lowest BCUT2D eigenvalue weighted by atomic mass is 10.1. The first-order valence-electron chi connectivity index (χ1n) is 8.43. The van der Waals surface area contributed by atoms with Crippen molar-refractivity contribution in [1.82, 2.24) is 20.4 Å². The van der Waals surface area contributed by atoms with E-state index in [4.69, 9.17) is 0 Å². The van der Waals surface area contributed by atoms with Crippen LogP contribution >= 0.6 is 0 Å². The van der Waals surface area contributed by atoms with Crippen molar-refractivity contribution in [1.29, 1.82) is 0 Å². The van der Waals surface area contributed by atoms with Crippen LogP contribution in [-0.2, 0) is 4.79 Å². The predicted octanol–water partition coefficient (Wildman–Crippen LogP) is 0.933. The normalized spacial score (nSPS) is 28.5. The Hall–Kier alpha value is -1.51. The number of rotatable bonds is 5. The largest absolute Gasteiger partial charge is 0.401 e. The molecule has 3 fully saturated rings. The van der Waals surface area contributed by atoms with Crippen molar-refractivity contribution in [3.8, 4) is 0 Å². The second kappa shape index (κ2) is 6.78. The number of carbonyl (C=O) groups excluding carboxylic acids is 2. The first-order valence-corrected chi connectivity index (χ1v) is 8.43. The fraction of sp³-hybridized carbons (Fsp3) is 0.867. The van der Waals surface area contributed by atoms with E-state index < -0.39 is 12.7 Å². The van der Waals surface area contributed by atoms with E-state index in [1.165, 1.54) is 4.90 Å². The van der Waals surface area contributed by atoms with Crippen LogP contribution in [-0.4, -0.2) is 72.7 Å². The quantitative estimate of drug-likeness (QED) is 0.777. The zero-order valence-corrected chi connectivity index (χ0v) is 13.4. The molecular weight excluding hydrogens is 325 g/mol. The van der Waals surface area contributed by atoms with Gasteiger partial charge in [-0.1, -0.05) is 0 Å². The maximum Gasteiger partial charge on any atom is 0.401 e. The van der Waals surface area contributed by atoms with Gasteiger partial charge in [0.05, 0.1) is 12.6 Å². The second-order valence-electron chi connectivity index (χ2n) is 7.04. The summed E-state index contributed by atoms with van der Waals surface area (Å²) in [7, 11) is 0. The highest BCUT2D eigenvalue weighted by Crippen LogP contribution is 2.30. The molecule has 0 radical (unpaired) electrons. The van der Waals surface area contributed by atoms with Crippen molar-refractivity contribution in [2.24, 2.45) is 5.92 Å². The van der Waals surface area contributed by atoms with Crippen molar-refractivity contribution in [2.45, 2.75) is 43.9 Å². The van der Waals surface area contributed by atoms with Gasteiger partial charge >= 0.3 is 12.2 Å². The fourth-order valence-electron chi connectivity index (χ4n) is 3.52. The van der Waals surface area contributed by atoms with Gasteiger partial charge in [-0.05, 0) is 31.7 Å². The Morgan fingerprint density at radius 2 is 1.96 bits per heavy atom. The molecule has 0 aromatic heterocycles. The van der Waals surface area contributed by atoms with Crippen LogP contribution < -0.4 is 10.6 Å². The van der Waals surface area contributed by atoms with Gasteiger partial charge < -0.3 is 15.5 Å². The number of carbonyl (C=O) groups is 2. The maximum absolute atomic E-state index is 12.3. The number of amides is 3. The van der Waals surface area contributed by atoms with Crippen LogP contribution in [0.4, 0.5) is 18.0 Å². The number of urea groups is 1. The summed E-state index contributed by atoms with van der Waals surface area (Å²) in [6, 6.07) is -0.173. The molecule has 0 unspecified atom stereocenters. The smallest absolute Gasteiger partial charge is 0.338 e. The molecule has 1 aliphatic carbocycles. The summed E-state index contributed by atoms with van der Waals surface area (Å²) in [6.45, 7) is 0.766. The fourth-order valence-corrected chi connectivity index (χ4v) is 3.52. The number of halogens is 3. The highest BCUT2D eigenvalue weighted by Gasteiger charge is 2.40. The van der Waals surface area contributed by atoms with Crippen molar-refractivity contribution >= 4 is 11.9 Å². The van der Waals surface area contributed by atoms with Crippen LogP contribution in [0.1, 0.15) is 25.7 Å². The highest BCUT2D eigenvalue weighted by molar-refractivity contribution is 5.82. The molecule has 2 aliphatic heterocycles. The standard InChI is InChI=1S/C15H23F3N4O2/c16-15(17,18)9-21-4-3-10(7-21)6-19-14(24)20-11-5-13(23)22(8-11)12-1-2-12/h10-12H,1-9H2,(H2,19,20,24)/t10-,11+/m0/s1. The van der Waals surface area contributed by atoms with Gasteiger partial charge in [0, 0.05) is 32.1 Å². The molecule has 2 heterocycles. The molecule has 24 heavy (non-hydrogen) atoms. The van der Waals surface area contributed by atoms with Crippen LogP contribution in [0.2, 0.25) is 0 Å². The molecule has 6 nitrogen and oxygen atoms in total. The Morgan fingerprint density at radius 3 is 2.62 bits per heavy atom. The molecule has 3 amide bonds. The zero-order chi connectivity index (χ0) is 17.3. The summed E-state index contributed by atoms with van der Waals surface area (Å²) < 4.78 is 37.0. The molecule has 0 spiro atoms. The molecule has 2 atom stereocenters. The number of hydrogen-bond acceptors (Lipinski definition) is 3. The number of nitrogens with zero attached hydrogens (tertiary/aromatic N) is 2. The average molecular weight is 348 g/mol. The van der Waals surface area contributed by atoms with E-state index in [0.717, 1.165) is 12.8 Å². The van der Waals surface area contributed by atoms with Gasteiger partial charge in [0.2, 0.25) is 5.91 Å². The van der Waals surface area contributed by atoms with E-state index in [0.29, 0.717) is 45.1 Å². The van der Waals surface area contributed by atoms with E-state index in [-0.39, 0.29) is 23.9 Å². The summed E-state index contributed by atoms with van der Waals surface area (Å²) in [5.41, 5.74) is 0. The molecule has 3 aliphatic rings. The van der Waals surface area contributed by atoms with Gasteiger partial charge in [-0.3, -0.25) is 9.69 Å². The second-order valence-corrected chi connectivity index (χ2v) is 7.04. The van der Waals surface area contributed by atoms with E-state index in [1.54, 1.807) is 0 Å². The average Bonchev–Trinajstić information content (AvgIpc) is 3.12. The number of nitrogens with one attached hydrogen (secondary N) is 2. The number of alkyl halides is 3. The minimum Gasteiger partial charge on any atom is -0.338 e. The molecule has 3 rings (SSSR count). The third-order valence-corrected chi connectivity index (χ3v) is 4.81. The summed E-state index contributed by atoms with van der Waals surface area (Å²) in [5, 5.41) is 5.51.